The van der Waals surface area contributed by atoms with Crippen LogP contribution in [0, 0.1) is 0 Å². The molecule has 3 N–H and O–H groups in total. The van der Waals surface area contributed by atoms with Gasteiger partial charge >= 0.3 is 0 Å². The number of carbonyl (C=O) groups is 2. The summed E-state index contributed by atoms with van der Waals surface area (Å²) in [5, 5.41) is 5.84. The lowest BCUT2D eigenvalue weighted by Crippen LogP contribution is -2.15. The highest BCUT2D eigenvalue weighted by atomic mass is 35.5. The average molecular weight is 341 g/mol. The third-order valence-corrected chi connectivity index (χ3v) is 3.40. The fourth-order valence-electron chi connectivity index (χ4n) is 2.06. The Hall–Kier alpha value is -3.12. The first kappa shape index (κ1) is 15.8. The maximum atomic E-state index is 12.2. The van der Waals surface area contributed by atoms with E-state index in [-0.39, 0.29) is 11.8 Å². The smallest absolute Gasteiger partial charge is 0.272 e. The van der Waals surface area contributed by atoms with Gasteiger partial charge < -0.3 is 15.6 Å². The highest BCUT2D eigenvalue weighted by molar-refractivity contribution is 6.31. The summed E-state index contributed by atoms with van der Waals surface area (Å²) in [7, 11) is 0. The van der Waals surface area contributed by atoms with Crippen LogP contribution in [0.5, 0.6) is 0 Å². The van der Waals surface area contributed by atoms with Crippen molar-refractivity contribution in [2.45, 2.75) is 0 Å². The van der Waals surface area contributed by atoms with E-state index in [1.54, 1.807) is 48.7 Å². The van der Waals surface area contributed by atoms with E-state index < -0.39 is 0 Å². The molecular weight excluding hydrogens is 328 g/mol. The van der Waals surface area contributed by atoms with Gasteiger partial charge in [-0.2, -0.15) is 0 Å². The summed E-state index contributed by atoms with van der Waals surface area (Å²) in [5.41, 5.74) is 1.24. The highest BCUT2D eigenvalue weighted by Gasteiger charge is 2.11. The summed E-state index contributed by atoms with van der Waals surface area (Å²) in [4.78, 5) is 31.1. The van der Waals surface area contributed by atoms with Crippen molar-refractivity contribution in [1.29, 1.82) is 0 Å². The van der Waals surface area contributed by atoms with Crippen molar-refractivity contribution in [3.8, 4) is 0 Å². The normalized spacial score (nSPS) is 10.2. The highest BCUT2D eigenvalue weighted by Crippen LogP contribution is 2.15. The van der Waals surface area contributed by atoms with Gasteiger partial charge in [0, 0.05) is 23.6 Å². The molecule has 0 saturated heterocycles. The molecule has 0 fully saturated rings. The summed E-state index contributed by atoms with van der Waals surface area (Å²) in [6.45, 7) is 0. The van der Waals surface area contributed by atoms with Crippen LogP contribution in [-0.4, -0.2) is 21.8 Å². The Morgan fingerprint density at radius 3 is 2.58 bits per heavy atom. The van der Waals surface area contributed by atoms with Gasteiger partial charge in [-0.25, -0.2) is 4.98 Å². The average Bonchev–Trinajstić information content (AvgIpc) is 3.03. The molecule has 3 rings (SSSR count). The molecule has 3 aromatic rings. The quantitative estimate of drug-likeness (QED) is 0.678. The van der Waals surface area contributed by atoms with E-state index in [4.69, 9.17) is 11.6 Å². The maximum Gasteiger partial charge on any atom is 0.272 e. The van der Waals surface area contributed by atoms with Crippen molar-refractivity contribution in [3.63, 3.8) is 0 Å². The number of halogens is 1. The minimum Gasteiger partial charge on any atom is -0.356 e. The van der Waals surface area contributed by atoms with Gasteiger partial charge in [0.15, 0.2) is 0 Å². The van der Waals surface area contributed by atoms with E-state index in [1.165, 1.54) is 12.3 Å². The van der Waals surface area contributed by atoms with E-state index >= 15 is 0 Å². The Balaban J connectivity index is 1.72. The van der Waals surface area contributed by atoms with Crippen LogP contribution in [0.3, 0.4) is 0 Å². The largest absolute Gasteiger partial charge is 0.356 e. The Morgan fingerprint density at radius 2 is 1.88 bits per heavy atom. The number of hydrogen-bond acceptors (Lipinski definition) is 3. The second-order valence-electron chi connectivity index (χ2n) is 4.94. The second-order valence-corrected chi connectivity index (χ2v) is 5.37. The number of rotatable bonds is 4. The molecule has 120 valence electrons. The predicted octanol–water partition coefficient (Wildman–Crippen LogP) is 3.57. The molecule has 2 aromatic heterocycles. The van der Waals surface area contributed by atoms with Crippen LogP contribution >= 0.6 is 11.6 Å². The minimum atomic E-state index is -0.343. The van der Waals surface area contributed by atoms with Crippen LogP contribution < -0.4 is 10.6 Å². The van der Waals surface area contributed by atoms with Crippen molar-refractivity contribution >= 4 is 34.9 Å². The molecule has 1 aromatic carbocycles. The molecule has 0 bridgehead atoms. The second kappa shape index (κ2) is 6.97. The molecule has 0 atom stereocenters. The van der Waals surface area contributed by atoms with Gasteiger partial charge in [-0.1, -0.05) is 23.7 Å². The summed E-state index contributed by atoms with van der Waals surface area (Å²) in [5.74, 6) is -0.199. The number of H-pyrrole nitrogens is 1. The molecule has 0 saturated carbocycles. The van der Waals surface area contributed by atoms with E-state index in [0.29, 0.717) is 27.8 Å². The fraction of sp³-hybridized carbons (Fsp3) is 0. The van der Waals surface area contributed by atoms with Crippen molar-refractivity contribution < 1.29 is 9.59 Å². The van der Waals surface area contributed by atoms with E-state index in [0.717, 1.165) is 0 Å². The van der Waals surface area contributed by atoms with Crippen LogP contribution in [-0.2, 0) is 0 Å². The third kappa shape index (κ3) is 3.80. The lowest BCUT2D eigenvalue weighted by molar-refractivity contribution is 0.101. The Kier molecular flexibility index (Phi) is 4.58. The Bertz CT molecular complexity index is 877. The SMILES string of the molecule is O=C(Nc1ccccn1)c1cccc(NC(=O)c2cc(Cl)c[nH]2)c1. The van der Waals surface area contributed by atoms with E-state index in [1.807, 2.05) is 0 Å². The Labute approximate surface area is 142 Å². The van der Waals surface area contributed by atoms with Crippen molar-refractivity contribution in [1.82, 2.24) is 9.97 Å². The maximum absolute atomic E-state index is 12.2. The van der Waals surface area contributed by atoms with Gasteiger partial charge in [0.1, 0.15) is 11.5 Å². The molecule has 24 heavy (non-hydrogen) atoms. The number of hydrogen-bond donors (Lipinski definition) is 3. The van der Waals surface area contributed by atoms with Crippen LogP contribution in [0.2, 0.25) is 5.02 Å². The van der Waals surface area contributed by atoms with Gasteiger partial charge in [0.05, 0.1) is 5.02 Å². The zero-order valence-electron chi connectivity index (χ0n) is 12.4. The molecule has 0 radical (unpaired) electrons. The van der Waals surface area contributed by atoms with Gasteiger partial charge in [-0.05, 0) is 36.4 Å². The molecule has 7 heteroatoms. The standard InChI is InChI=1S/C17H13ClN4O2/c18-12-9-14(20-10-12)17(24)21-13-5-3-4-11(8-13)16(23)22-15-6-1-2-7-19-15/h1-10,20H,(H,21,24)(H,19,22,23). The lowest BCUT2D eigenvalue weighted by Gasteiger charge is -2.07. The number of pyridine rings is 1. The summed E-state index contributed by atoms with van der Waals surface area (Å²) in [6, 6.07) is 13.4. The first-order chi connectivity index (χ1) is 11.6. The van der Waals surface area contributed by atoms with Crippen LogP contribution in [0.25, 0.3) is 0 Å². The molecule has 0 spiro atoms. The van der Waals surface area contributed by atoms with Crippen LogP contribution in [0.15, 0.2) is 60.9 Å². The van der Waals surface area contributed by atoms with Crippen LogP contribution in [0.4, 0.5) is 11.5 Å². The van der Waals surface area contributed by atoms with E-state index in [2.05, 4.69) is 20.6 Å². The number of carbonyl (C=O) groups excluding carboxylic acids is 2. The number of aromatic amines is 1. The number of nitrogens with one attached hydrogen (secondary N) is 3. The van der Waals surface area contributed by atoms with Gasteiger partial charge in [-0.3, -0.25) is 9.59 Å². The number of aromatic nitrogens is 2. The zero-order valence-corrected chi connectivity index (χ0v) is 13.2. The number of nitrogens with zero attached hydrogens (tertiary/aromatic N) is 1. The summed E-state index contributed by atoms with van der Waals surface area (Å²) >= 11 is 5.78. The monoisotopic (exact) mass is 340 g/mol. The number of benzene rings is 1. The molecule has 2 heterocycles. The first-order valence-corrected chi connectivity index (χ1v) is 7.47. The minimum absolute atomic E-state index is 0.312. The molecule has 2 amide bonds. The Morgan fingerprint density at radius 1 is 1.00 bits per heavy atom. The first-order valence-electron chi connectivity index (χ1n) is 7.09. The van der Waals surface area contributed by atoms with Crippen molar-refractivity contribution in [2.24, 2.45) is 0 Å². The number of anilines is 2. The number of amides is 2. The molecule has 0 aliphatic heterocycles. The molecule has 0 unspecified atom stereocenters. The third-order valence-electron chi connectivity index (χ3n) is 3.18. The van der Waals surface area contributed by atoms with Gasteiger partial charge in [0.2, 0.25) is 0 Å². The van der Waals surface area contributed by atoms with E-state index in [9.17, 15) is 9.59 Å². The van der Waals surface area contributed by atoms with Crippen LogP contribution in [0.1, 0.15) is 20.8 Å². The zero-order chi connectivity index (χ0) is 16.9. The van der Waals surface area contributed by atoms with Crippen molar-refractivity contribution in [3.05, 3.63) is 77.2 Å². The molecule has 0 aliphatic carbocycles. The fourth-order valence-corrected chi connectivity index (χ4v) is 2.22. The summed E-state index contributed by atoms with van der Waals surface area (Å²) in [6.07, 6.45) is 3.11. The lowest BCUT2D eigenvalue weighted by atomic mass is 10.2. The predicted molar refractivity (Wildman–Crippen MR) is 92.4 cm³/mol. The molecule has 0 aliphatic rings. The topological polar surface area (TPSA) is 86.9 Å². The molecule has 6 nitrogen and oxygen atoms in total. The summed E-state index contributed by atoms with van der Waals surface area (Å²) < 4.78 is 0. The molecular formula is C17H13ClN4O2. The van der Waals surface area contributed by atoms with Gasteiger partial charge in [-0.15, -0.1) is 0 Å². The van der Waals surface area contributed by atoms with Gasteiger partial charge in [0.25, 0.3) is 11.8 Å². The van der Waals surface area contributed by atoms with Crippen molar-refractivity contribution in [2.75, 3.05) is 10.6 Å².